The standard InChI is InChI=1S/C21H15F2NO3/c1-2-11-9-14(22)10-15-18(23)20(27-19(11)15)17-8-7-16(24-17)12-3-5-13(6-4-12)21(25)26/h3-10,24H,2H2,1H3,(H,25,26). The lowest BCUT2D eigenvalue weighted by Crippen LogP contribution is -1.94. The highest BCUT2D eigenvalue weighted by Gasteiger charge is 2.20. The second kappa shape index (κ2) is 6.39. The molecular weight excluding hydrogens is 352 g/mol. The molecule has 2 aromatic heterocycles. The number of halogens is 2. The van der Waals surface area contributed by atoms with Gasteiger partial charge in [-0.2, -0.15) is 0 Å². The molecule has 0 unspecified atom stereocenters. The fourth-order valence-corrected chi connectivity index (χ4v) is 3.13. The summed E-state index contributed by atoms with van der Waals surface area (Å²) in [4.78, 5) is 14.0. The van der Waals surface area contributed by atoms with Gasteiger partial charge in [0, 0.05) is 5.69 Å². The largest absolute Gasteiger partial charge is 0.478 e. The molecule has 2 N–H and O–H groups in total. The smallest absolute Gasteiger partial charge is 0.335 e. The first-order valence-electron chi connectivity index (χ1n) is 8.41. The van der Waals surface area contributed by atoms with Crippen LogP contribution in [0.1, 0.15) is 22.8 Å². The lowest BCUT2D eigenvalue weighted by Gasteiger charge is -2.00. The highest BCUT2D eigenvalue weighted by molar-refractivity contribution is 5.88. The lowest BCUT2D eigenvalue weighted by atomic mass is 10.1. The molecule has 0 aliphatic rings. The summed E-state index contributed by atoms with van der Waals surface area (Å²) in [6.45, 7) is 1.85. The van der Waals surface area contributed by atoms with E-state index < -0.39 is 17.6 Å². The summed E-state index contributed by atoms with van der Waals surface area (Å²) in [5.74, 6) is -2.11. The van der Waals surface area contributed by atoms with Gasteiger partial charge in [0.2, 0.25) is 0 Å². The number of H-pyrrole nitrogens is 1. The predicted octanol–water partition coefficient (Wildman–Crippen LogP) is 5.63. The second-order valence-corrected chi connectivity index (χ2v) is 6.21. The maximum Gasteiger partial charge on any atom is 0.335 e. The molecule has 0 amide bonds. The molecular formula is C21H15F2NO3. The zero-order chi connectivity index (χ0) is 19.1. The minimum atomic E-state index is -1.00. The summed E-state index contributed by atoms with van der Waals surface area (Å²) >= 11 is 0. The minimum absolute atomic E-state index is 0.0127. The summed E-state index contributed by atoms with van der Waals surface area (Å²) in [6.07, 6.45) is 0.520. The minimum Gasteiger partial charge on any atom is -0.478 e. The third kappa shape index (κ3) is 2.89. The Bertz CT molecular complexity index is 1160. The molecule has 4 rings (SSSR count). The molecule has 0 aliphatic heterocycles. The van der Waals surface area contributed by atoms with E-state index in [2.05, 4.69) is 4.98 Å². The average molecular weight is 367 g/mol. The molecule has 0 saturated heterocycles. The molecule has 27 heavy (non-hydrogen) atoms. The zero-order valence-corrected chi connectivity index (χ0v) is 14.3. The Kier molecular flexibility index (Phi) is 4.03. The number of carboxylic acids is 1. The van der Waals surface area contributed by atoms with Crippen molar-refractivity contribution in [1.29, 1.82) is 0 Å². The Morgan fingerprint density at radius 3 is 2.44 bits per heavy atom. The zero-order valence-electron chi connectivity index (χ0n) is 14.3. The van der Waals surface area contributed by atoms with Gasteiger partial charge < -0.3 is 14.5 Å². The van der Waals surface area contributed by atoms with Crippen LogP contribution >= 0.6 is 0 Å². The molecule has 0 aliphatic carbocycles. The fourth-order valence-electron chi connectivity index (χ4n) is 3.13. The molecule has 0 fully saturated rings. The number of carbonyl (C=O) groups is 1. The van der Waals surface area contributed by atoms with Gasteiger partial charge in [-0.3, -0.25) is 0 Å². The van der Waals surface area contributed by atoms with Crippen LogP contribution in [0.3, 0.4) is 0 Å². The Balaban J connectivity index is 1.77. The monoisotopic (exact) mass is 367 g/mol. The van der Waals surface area contributed by atoms with E-state index in [9.17, 15) is 13.6 Å². The van der Waals surface area contributed by atoms with Gasteiger partial charge in [-0.25, -0.2) is 13.6 Å². The number of furan rings is 1. The number of rotatable bonds is 4. The van der Waals surface area contributed by atoms with Crippen molar-refractivity contribution in [2.75, 3.05) is 0 Å². The molecule has 2 heterocycles. The first-order valence-corrected chi connectivity index (χ1v) is 8.41. The van der Waals surface area contributed by atoms with Crippen LogP contribution in [0, 0.1) is 11.6 Å². The molecule has 2 aromatic carbocycles. The SMILES string of the molecule is CCc1cc(F)cc2c(F)c(-c3ccc(-c4ccc(C(=O)O)cc4)[nH]3)oc12. The van der Waals surface area contributed by atoms with E-state index in [1.165, 1.54) is 18.2 Å². The van der Waals surface area contributed by atoms with Crippen LogP contribution in [-0.2, 0) is 6.42 Å². The predicted molar refractivity (Wildman–Crippen MR) is 97.7 cm³/mol. The van der Waals surface area contributed by atoms with Crippen LogP contribution in [0.2, 0.25) is 0 Å². The number of fused-ring (bicyclic) bond motifs is 1. The van der Waals surface area contributed by atoms with Gasteiger partial charge in [0.25, 0.3) is 0 Å². The van der Waals surface area contributed by atoms with E-state index >= 15 is 0 Å². The maximum absolute atomic E-state index is 14.8. The molecule has 0 bridgehead atoms. The number of aromatic amines is 1. The van der Waals surface area contributed by atoms with Crippen LogP contribution in [0.4, 0.5) is 8.78 Å². The number of hydrogen-bond acceptors (Lipinski definition) is 2. The summed E-state index contributed by atoms with van der Waals surface area (Å²) in [7, 11) is 0. The van der Waals surface area contributed by atoms with Crippen LogP contribution in [0.15, 0.2) is 52.9 Å². The lowest BCUT2D eigenvalue weighted by molar-refractivity contribution is 0.0697. The van der Waals surface area contributed by atoms with Gasteiger partial charge in [-0.1, -0.05) is 19.1 Å². The maximum atomic E-state index is 14.8. The van der Waals surface area contributed by atoms with Gasteiger partial charge in [-0.05, 0) is 53.9 Å². The van der Waals surface area contributed by atoms with Crippen molar-refractivity contribution in [2.45, 2.75) is 13.3 Å². The van der Waals surface area contributed by atoms with Crippen molar-refractivity contribution in [2.24, 2.45) is 0 Å². The second-order valence-electron chi connectivity index (χ2n) is 6.21. The van der Waals surface area contributed by atoms with E-state index in [0.717, 1.165) is 11.6 Å². The first-order chi connectivity index (χ1) is 13.0. The van der Waals surface area contributed by atoms with Crippen molar-refractivity contribution >= 4 is 16.9 Å². The molecule has 136 valence electrons. The normalized spacial score (nSPS) is 11.2. The van der Waals surface area contributed by atoms with E-state index in [1.807, 2.05) is 6.92 Å². The molecule has 4 nitrogen and oxygen atoms in total. The highest BCUT2D eigenvalue weighted by atomic mass is 19.1. The van der Waals surface area contributed by atoms with E-state index in [1.54, 1.807) is 24.3 Å². The molecule has 0 spiro atoms. The van der Waals surface area contributed by atoms with E-state index in [4.69, 9.17) is 9.52 Å². The fraction of sp³-hybridized carbons (Fsp3) is 0.0952. The molecule has 4 aromatic rings. The summed E-state index contributed by atoms with van der Waals surface area (Å²) < 4.78 is 34.3. The van der Waals surface area contributed by atoms with Gasteiger partial charge in [-0.15, -0.1) is 0 Å². The van der Waals surface area contributed by atoms with Crippen LogP contribution < -0.4 is 0 Å². The van der Waals surface area contributed by atoms with Crippen molar-refractivity contribution < 1.29 is 23.1 Å². The Morgan fingerprint density at radius 2 is 1.78 bits per heavy atom. The average Bonchev–Trinajstić information content (AvgIpc) is 3.27. The third-order valence-electron chi connectivity index (χ3n) is 4.52. The van der Waals surface area contributed by atoms with Crippen molar-refractivity contribution in [3.63, 3.8) is 0 Å². The summed E-state index contributed by atoms with van der Waals surface area (Å²) in [5, 5.41) is 9.09. The van der Waals surface area contributed by atoms with Gasteiger partial charge in [0.05, 0.1) is 16.6 Å². The van der Waals surface area contributed by atoms with Crippen LogP contribution in [-0.4, -0.2) is 16.1 Å². The topological polar surface area (TPSA) is 66.2 Å². The summed E-state index contributed by atoms with van der Waals surface area (Å²) in [5.41, 5.74) is 2.98. The molecule has 0 radical (unpaired) electrons. The third-order valence-corrected chi connectivity index (χ3v) is 4.52. The highest BCUT2D eigenvalue weighted by Crippen LogP contribution is 2.35. The summed E-state index contributed by atoms with van der Waals surface area (Å²) in [6, 6.07) is 12.2. The number of benzene rings is 2. The number of aromatic nitrogens is 1. The Hall–Kier alpha value is -3.41. The van der Waals surface area contributed by atoms with Crippen LogP contribution in [0.5, 0.6) is 0 Å². The molecule has 0 saturated carbocycles. The Labute approximate surface area is 153 Å². The number of carboxylic acid groups (broad SMARTS) is 1. The Morgan fingerprint density at radius 1 is 1.07 bits per heavy atom. The molecule has 6 heteroatoms. The number of aryl methyl sites for hydroxylation is 1. The number of aromatic carboxylic acids is 1. The quantitative estimate of drug-likeness (QED) is 0.491. The first kappa shape index (κ1) is 17.0. The molecule has 0 atom stereocenters. The van der Waals surface area contributed by atoms with E-state index in [-0.39, 0.29) is 16.7 Å². The van der Waals surface area contributed by atoms with Gasteiger partial charge in [0.1, 0.15) is 11.4 Å². The van der Waals surface area contributed by atoms with Gasteiger partial charge >= 0.3 is 5.97 Å². The number of nitrogens with one attached hydrogen (secondary N) is 1. The van der Waals surface area contributed by atoms with Crippen molar-refractivity contribution in [3.8, 4) is 22.7 Å². The van der Waals surface area contributed by atoms with E-state index in [0.29, 0.717) is 29.0 Å². The van der Waals surface area contributed by atoms with Gasteiger partial charge in [0.15, 0.2) is 11.6 Å². The van der Waals surface area contributed by atoms with Crippen molar-refractivity contribution in [3.05, 3.63) is 71.3 Å². The van der Waals surface area contributed by atoms with Crippen molar-refractivity contribution in [1.82, 2.24) is 4.98 Å². The number of hydrogen-bond donors (Lipinski definition) is 2. The van der Waals surface area contributed by atoms with Crippen LogP contribution in [0.25, 0.3) is 33.7 Å².